The molecule has 2 aromatic heterocycles. The number of alkyl halides is 1. The summed E-state index contributed by atoms with van der Waals surface area (Å²) in [5.74, 6) is 0.843. The molecule has 110 valence electrons. The Balaban J connectivity index is 2.02. The van der Waals surface area contributed by atoms with Gasteiger partial charge in [-0.3, -0.25) is 0 Å². The summed E-state index contributed by atoms with van der Waals surface area (Å²) in [6.45, 7) is 7.91. The first-order valence-corrected chi connectivity index (χ1v) is 8.61. The third kappa shape index (κ3) is 4.17. The molecule has 0 aliphatic rings. The predicted octanol–water partition coefficient (Wildman–Crippen LogP) is 2.93. The topological polar surface area (TPSA) is 52.3 Å². The maximum atomic E-state index is 5.40. The Morgan fingerprint density at radius 3 is 2.85 bits per heavy atom. The maximum Gasteiger partial charge on any atom is 0.211 e. The van der Waals surface area contributed by atoms with Crippen molar-refractivity contribution in [3.8, 4) is 0 Å². The van der Waals surface area contributed by atoms with Gasteiger partial charge in [0.25, 0.3) is 0 Å². The molecule has 20 heavy (non-hydrogen) atoms. The van der Waals surface area contributed by atoms with Gasteiger partial charge in [-0.05, 0) is 17.0 Å². The van der Waals surface area contributed by atoms with Gasteiger partial charge >= 0.3 is 0 Å². The molecule has 0 N–H and O–H groups in total. The van der Waals surface area contributed by atoms with E-state index in [1.54, 1.807) is 16.4 Å². The highest BCUT2D eigenvalue weighted by Gasteiger charge is 2.16. The van der Waals surface area contributed by atoms with Crippen molar-refractivity contribution >= 4 is 33.3 Å². The van der Waals surface area contributed by atoms with Gasteiger partial charge in [0.1, 0.15) is 0 Å². The summed E-state index contributed by atoms with van der Waals surface area (Å²) in [5.41, 5.74) is 2.02. The SMILES string of the molecule is CC(C)(C)c1cnn2nc(SCCOCCBr)nc2c1. The second kappa shape index (κ2) is 6.87. The Kier molecular flexibility index (Phi) is 5.40. The number of hydrogen-bond acceptors (Lipinski definition) is 5. The zero-order valence-electron chi connectivity index (χ0n) is 12.0. The molecule has 0 aliphatic heterocycles. The van der Waals surface area contributed by atoms with Gasteiger partial charge < -0.3 is 4.74 Å². The zero-order valence-corrected chi connectivity index (χ0v) is 14.4. The summed E-state index contributed by atoms with van der Waals surface area (Å²) < 4.78 is 6.98. The molecule has 0 saturated heterocycles. The van der Waals surface area contributed by atoms with E-state index in [-0.39, 0.29) is 5.41 Å². The molecular weight excluding hydrogens is 340 g/mol. The average molecular weight is 359 g/mol. The fourth-order valence-electron chi connectivity index (χ4n) is 1.59. The van der Waals surface area contributed by atoms with E-state index in [9.17, 15) is 0 Å². The van der Waals surface area contributed by atoms with Gasteiger partial charge in [-0.1, -0.05) is 48.5 Å². The Morgan fingerprint density at radius 2 is 2.15 bits per heavy atom. The van der Waals surface area contributed by atoms with E-state index >= 15 is 0 Å². The van der Waals surface area contributed by atoms with Gasteiger partial charge in [-0.2, -0.15) is 10.1 Å². The molecule has 2 heterocycles. The standard InChI is InChI=1S/C13H19BrN4OS/c1-13(2,3)10-8-11-16-12(17-18(11)15-9-10)20-7-6-19-5-4-14/h8-9H,4-7H2,1-3H3. The number of fused-ring (bicyclic) bond motifs is 1. The maximum absolute atomic E-state index is 5.40. The highest BCUT2D eigenvalue weighted by Crippen LogP contribution is 2.22. The number of ether oxygens (including phenoxy) is 1. The molecule has 0 aromatic carbocycles. The van der Waals surface area contributed by atoms with E-state index in [0.717, 1.165) is 34.1 Å². The molecule has 2 rings (SSSR count). The number of nitrogens with zero attached hydrogens (tertiary/aromatic N) is 4. The fourth-order valence-corrected chi connectivity index (χ4v) is 2.49. The molecule has 0 spiro atoms. The normalized spacial score (nSPS) is 12.2. The molecule has 0 bridgehead atoms. The summed E-state index contributed by atoms with van der Waals surface area (Å²) in [6, 6.07) is 2.05. The second-order valence-corrected chi connectivity index (χ2v) is 7.24. The zero-order chi connectivity index (χ0) is 14.6. The molecule has 0 unspecified atom stereocenters. The van der Waals surface area contributed by atoms with Crippen LogP contribution in [0.25, 0.3) is 5.65 Å². The van der Waals surface area contributed by atoms with E-state index in [0.29, 0.717) is 6.61 Å². The number of aromatic nitrogens is 4. The largest absolute Gasteiger partial charge is 0.380 e. The molecule has 5 nitrogen and oxygen atoms in total. The van der Waals surface area contributed by atoms with E-state index in [1.807, 2.05) is 12.3 Å². The first kappa shape index (κ1) is 15.7. The highest BCUT2D eigenvalue weighted by molar-refractivity contribution is 9.09. The summed E-state index contributed by atoms with van der Waals surface area (Å²) in [4.78, 5) is 4.49. The molecule has 0 saturated carbocycles. The van der Waals surface area contributed by atoms with Crippen LogP contribution in [-0.2, 0) is 10.2 Å². The number of thioether (sulfide) groups is 1. The Bertz CT molecular complexity index is 567. The molecule has 2 aromatic rings. The van der Waals surface area contributed by atoms with Crippen LogP contribution < -0.4 is 0 Å². The van der Waals surface area contributed by atoms with Gasteiger partial charge in [-0.25, -0.2) is 0 Å². The summed E-state index contributed by atoms with van der Waals surface area (Å²) >= 11 is 4.91. The molecular formula is C13H19BrN4OS. The molecule has 0 atom stereocenters. The smallest absolute Gasteiger partial charge is 0.211 e. The van der Waals surface area contributed by atoms with E-state index in [2.05, 4.69) is 51.9 Å². The number of rotatable bonds is 6. The van der Waals surface area contributed by atoms with Crippen molar-refractivity contribution in [1.29, 1.82) is 0 Å². The fraction of sp³-hybridized carbons (Fsp3) is 0.615. The van der Waals surface area contributed by atoms with Crippen molar-refractivity contribution in [2.45, 2.75) is 31.3 Å². The lowest BCUT2D eigenvalue weighted by atomic mass is 9.89. The van der Waals surface area contributed by atoms with Crippen molar-refractivity contribution in [2.75, 3.05) is 24.3 Å². The molecule has 7 heteroatoms. The van der Waals surface area contributed by atoms with Gasteiger partial charge in [-0.15, -0.1) is 9.73 Å². The number of hydrogen-bond donors (Lipinski definition) is 0. The van der Waals surface area contributed by atoms with Crippen LogP contribution in [0.5, 0.6) is 0 Å². The summed E-state index contributed by atoms with van der Waals surface area (Å²) in [5, 5.41) is 10.3. The minimum Gasteiger partial charge on any atom is -0.380 e. The Labute approximate surface area is 131 Å². The molecule has 0 radical (unpaired) electrons. The average Bonchev–Trinajstić information content (AvgIpc) is 2.79. The Morgan fingerprint density at radius 1 is 1.35 bits per heavy atom. The van der Waals surface area contributed by atoms with Crippen molar-refractivity contribution in [1.82, 2.24) is 19.8 Å². The van der Waals surface area contributed by atoms with E-state index in [1.165, 1.54) is 0 Å². The molecule has 0 fully saturated rings. The summed E-state index contributed by atoms with van der Waals surface area (Å²) in [6.07, 6.45) is 1.86. The quantitative estimate of drug-likeness (QED) is 0.451. The van der Waals surface area contributed by atoms with Crippen LogP contribution >= 0.6 is 27.7 Å². The van der Waals surface area contributed by atoms with Crippen LogP contribution in [0.1, 0.15) is 26.3 Å². The van der Waals surface area contributed by atoms with E-state index in [4.69, 9.17) is 4.74 Å². The minimum atomic E-state index is 0.0670. The van der Waals surface area contributed by atoms with Crippen molar-refractivity contribution < 1.29 is 4.74 Å². The lowest BCUT2D eigenvalue weighted by Gasteiger charge is -2.17. The lowest BCUT2D eigenvalue weighted by Crippen LogP contribution is -2.12. The van der Waals surface area contributed by atoms with Gasteiger partial charge in [0.05, 0.1) is 19.4 Å². The van der Waals surface area contributed by atoms with E-state index < -0.39 is 0 Å². The van der Waals surface area contributed by atoms with Crippen LogP contribution in [0.4, 0.5) is 0 Å². The first-order valence-electron chi connectivity index (χ1n) is 6.51. The van der Waals surface area contributed by atoms with Crippen LogP contribution in [0.2, 0.25) is 0 Å². The summed E-state index contributed by atoms with van der Waals surface area (Å²) in [7, 11) is 0. The van der Waals surface area contributed by atoms with Crippen LogP contribution in [0.3, 0.4) is 0 Å². The second-order valence-electron chi connectivity index (χ2n) is 5.39. The van der Waals surface area contributed by atoms with Crippen molar-refractivity contribution in [2.24, 2.45) is 0 Å². The molecule has 0 aliphatic carbocycles. The monoisotopic (exact) mass is 358 g/mol. The number of halogens is 1. The highest BCUT2D eigenvalue weighted by atomic mass is 79.9. The van der Waals surface area contributed by atoms with Crippen LogP contribution in [0.15, 0.2) is 17.4 Å². The third-order valence-electron chi connectivity index (χ3n) is 2.73. The van der Waals surface area contributed by atoms with Crippen molar-refractivity contribution in [3.05, 3.63) is 17.8 Å². The van der Waals surface area contributed by atoms with Crippen molar-refractivity contribution in [3.63, 3.8) is 0 Å². The van der Waals surface area contributed by atoms with Gasteiger partial charge in [0.2, 0.25) is 5.16 Å². The van der Waals surface area contributed by atoms with Gasteiger partial charge in [0, 0.05) is 11.1 Å². The first-order chi connectivity index (χ1) is 9.50. The minimum absolute atomic E-state index is 0.0670. The third-order valence-corrected chi connectivity index (χ3v) is 3.86. The van der Waals surface area contributed by atoms with Crippen LogP contribution in [-0.4, -0.2) is 44.1 Å². The Hall–Kier alpha value is -0.660. The molecule has 0 amide bonds. The van der Waals surface area contributed by atoms with Crippen LogP contribution in [0, 0.1) is 0 Å². The predicted molar refractivity (Wildman–Crippen MR) is 84.8 cm³/mol. The lowest BCUT2D eigenvalue weighted by molar-refractivity contribution is 0.168. The van der Waals surface area contributed by atoms with Gasteiger partial charge in [0.15, 0.2) is 5.65 Å².